The van der Waals surface area contributed by atoms with Crippen molar-refractivity contribution in [1.82, 2.24) is 20.4 Å². The zero-order chi connectivity index (χ0) is 16.7. The number of aryl methyl sites for hydroxylation is 1. The lowest BCUT2D eigenvalue weighted by Crippen LogP contribution is -2.43. The fourth-order valence-electron chi connectivity index (χ4n) is 3.61. The van der Waals surface area contributed by atoms with Crippen molar-refractivity contribution in [3.05, 3.63) is 23.9 Å². The Balaban J connectivity index is 1.71. The summed E-state index contributed by atoms with van der Waals surface area (Å²) in [6, 6.07) is 6.30. The molecule has 2 N–H and O–H groups in total. The highest BCUT2D eigenvalue weighted by Crippen LogP contribution is 2.32. The van der Waals surface area contributed by atoms with Crippen LogP contribution in [0.2, 0.25) is 0 Å². The fraction of sp³-hybridized carbons (Fsp3) is 0.471. The zero-order valence-corrected chi connectivity index (χ0v) is 13.7. The van der Waals surface area contributed by atoms with Gasteiger partial charge in [-0.3, -0.25) is 19.6 Å². The normalized spacial score (nSPS) is 22.0. The highest BCUT2D eigenvalue weighted by Gasteiger charge is 2.31. The van der Waals surface area contributed by atoms with Crippen molar-refractivity contribution in [3.63, 3.8) is 0 Å². The summed E-state index contributed by atoms with van der Waals surface area (Å²) in [5.41, 5.74) is 2.97. The molecular formula is C17H21N5O2. The largest absolute Gasteiger partial charge is 0.369 e. The van der Waals surface area contributed by atoms with E-state index < -0.39 is 0 Å². The van der Waals surface area contributed by atoms with Gasteiger partial charge in [-0.2, -0.15) is 5.10 Å². The van der Waals surface area contributed by atoms with E-state index in [2.05, 4.69) is 38.8 Å². The number of piperazine rings is 1. The average molecular weight is 327 g/mol. The summed E-state index contributed by atoms with van der Waals surface area (Å²) >= 11 is 0. The zero-order valence-electron chi connectivity index (χ0n) is 13.7. The molecule has 1 aromatic heterocycles. The summed E-state index contributed by atoms with van der Waals surface area (Å²) in [5, 5.41) is 11.4. The minimum Gasteiger partial charge on any atom is -0.369 e. The summed E-state index contributed by atoms with van der Waals surface area (Å²) in [5.74, 6) is -0.786. The molecule has 0 radical (unpaired) electrons. The Hall–Kier alpha value is -2.41. The molecule has 0 aliphatic carbocycles. The second kappa shape index (κ2) is 5.90. The van der Waals surface area contributed by atoms with E-state index in [-0.39, 0.29) is 17.7 Å². The van der Waals surface area contributed by atoms with Crippen LogP contribution in [0.15, 0.2) is 18.2 Å². The molecule has 7 nitrogen and oxygen atoms in total. The molecule has 0 unspecified atom stereocenters. The molecule has 0 bridgehead atoms. The molecule has 0 saturated carbocycles. The number of amides is 2. The Morgan fingerprint density at radius 3 is 2.75 bits per heavy atom. The third-order valence-electron chi connectivity index (χ3n) is 4.92. The van der Waals surface area contributed by atoms with Crippen LogP contribution >= 0.6 is 0 Å². The number of fused-ring (bicyclic) bond motifs is 1. The molecule has 4 rings (SSSR count). The number of nitrogens with zero attached hydrogens (tertiary/aromatic N) is 3. The number of carbonyl (C=O) groups is 2. The SMILES string of the molecule is Cn1nc([C@@H]2CCC(=O)NC2=O)c2ccc(N3CCNCC3)cc21. The van der Waals surface area contributed by atoms with E-state index in [1.54, 1.807) is 0 Å². The number of benzene rings is 1. The Labute approximate surface area is 140 Å². The van der Waals surface area contributed by atoms with E-state index in [4.69, 9.17) is 0 Å². The summed E-state index contributed by atoms with van der Waals surface area (Å²) in [4.78, 5) is 25.9. The lowest BCUT2D eigenvalue weighted by molar-refractivity contribution is -0.134. The molecular weight excluding hydrogens is 306 g/mol. The molecule has 2 fully saturated rings. The van der Waals surface area contributed by atoms with Crippen molar-refractivity contribution in [1.29, 1.82) is 0 Å². The molecule has 2 amide bonds. The van der Waals surface area contributed by atoms with Gasteiger partial charge in [-0.1, -0.05) is 0 Å². The Morgan fingerprint density at radius 1 is 1.21 bits per heavy atom. The lowest BCUT2D eigenvalue weighted by atomic mass is 9.93. The van der Waals surface area contributed by atoms with Gasteiger partial charge in [0, 0.05) is 50.7 Å². The second-order valence-electron chi connectivity index (χ2n) is 6.45. The monoisotopic (exact) mass is 327 g/mol. The number of hydrogen-bond acceptors (Lipinski definition) is 5. The third-order valence-corrected chi connectivity index (χ3v) is 4.92. The highest BCUT2D eigenvalue weighted by molar-refractivity contribution is 6.02. The number of nitrogens with one attached hydrogen (secondary N) is 2. The Morgan fingerprint density at radius 2 is 2.00 bits per heavy atom. The highest BCUT2D eigenvalue weighted by atomic mass is 16.2. The quantitative estimate of drug-likeness (QED) is 0.786. The van der Waals surface area contributed by atoms with E-state index >= 15 is 0 Å². The number of anilines is 1. The lowest BCUT2D eigenvalue weighted by Gasteiger charge is -2.29. The van der Waals surface area contributed by atoms with Crippen molar-refractivity contribution in [3.8, 4) is 0 Å². The summed E-state index contributed by atoms with van der Waals surface area (Å²) in [6.45, 7) is 3.96. The maximum atomic E-state index is 12.2. The predicted molar refractivity (Wildman–Crippen MR) is 90.9 cm³/mol. The number of carbonyl (C=O) groups excluding carboxylic acids is 2. The first-order chi connectivity index (χ1) is 11.6. The van der Waals surface area contributed by atoms with Crippen LogP contribution in [-0.2, 0) is 16.6 Å². The van der Waals surface area contributed by atoms with Crippen LogP contribution in [-0.4, -0.2) is 47.8 Å². The number of rotatable bonds is 2. The fourth-order valence-corrected chi connectivity index (χ4v) is 3.61. The van der Waals surface area contributed by atoms with E-state index in [1.165, 1.54) is 5.69 Å². The third kappa shape index (κ3) is 2.54. The van der Waals surface area contributed by atoms with Gasteiger partial charge < -0.3 is 10.2 Å². The molecule has 1 aromatic carbocycles. The molecule has 2 aliphatic rings. The minimum atomic E-state index is -0.351. The van der Waals surface area contributed by atoms with E-state index in [0.717, 1.165) is 42.8 Å². The van der Waals surface area contributed by atoms with Gasteiger partial charge in [-0.05, 0) is 24.6 Å². The van der Waals surface area contributed by atoms with Crippen LogP contribution in [0.1, 0.15) is 24.5 Å². The number of imide groups is 1. The number of piperidine rings is 1. The topological polar surface area (TPSA) is 79.3 Å². The molecule has 2 aromatic rings. The Bertz CT molecular complexity index is 807. The van der Waals surface area contributed by atoms with E-state index in [1.807, 2.05) is 11.7 Å². The van der Waals surface area contributed by atoms with E-state index in [0.29, 0.717) is 12.8 Å². The first kappa shape index (κ1) is 15.1. The smallest absolute Gasteiger partial charge is 0.235 e. The summed E-state index contributed by atoms with van der Waals surface area (Å²) < 4.78 is 1.83. The van der Waals surface area contributed by atoms with Crippen molar-refractivity contribution in [2.75, 3.05) is 31.1 Å². The van der Waals surface area contributed by atoms with Gasteiger partial charge in [-0.25, -0.2) is 0 Å². The Kier molecular flexibility index (Phi) is 3.72. The second-order valence-corrected chi connectivity index (χ2v) is 6.45. The van der Waals surface area contributed by atoms with Crippen LogP contribution in [0.25, 0.3) is 10.9 Å². The van der Waals surface area contributed by atoms with E-state index in [9.17, 15) is 9.59 Å². The predicted octanol–water partition coefficient (Wildman–Crippen LogP) is 0.503. The first-order valence-electron chi connectivity index (χ1n) is 8.39. The van der Waals surface area contributed by atoms with Gasteiger partial charge in [0.25, 0.3) is 0 Å². The van der Waals surface area contributed by atoms with Crippen molar-refractivity contribution < 1.29 is 9.59 Å². The number of hydrogen-bond donors (Lipinski definition) is 2. The molecule has 2 saturated heterocycles. The molecule has 1 atom stereocenters. The van der Waals surface area contributed by atoms with Gasteiger partial charge in [0.1, 0.15) is 0 Å². The van der Waals surface area contributed by atoms with Crippen LogP contribution < -0.4 is 15.5 Å². The standard InChI is InChI=1S/C17H21N5O2/c1-21-14-10-11(22-8-6-18-7-9-22)2-3-12(14)16(20-21)13-4-5-15(23)19-17(13)24/h2-3,10,13,18H,4-9H2,1H3,(H,19,23,24)/t13-/m0/s1. The van der Waals surface area contributed by atoms with Gasteiger partial charge in [0.2, 0.25) is 11.8 Å². The van der Waals surface area contributed by atoms with Crippen LogP contribution in [0, 0.1) is 0 Å². The minimum absolute atomic E-state index is 0.197. The van der Waals surface area contributed by atoms with Crippen LogP contribution in [0.5, 0.6) is 0 Å². The van der Waals surface area contributed by atoms with Gasteiger partial charge in [0.15, 0.2) is 0 Å². The maximum absolute atomic E-state index is 12.2. The maximum Gasteiger partial charge on any atom is 0.235 e. The average Bonchev–Trinajstić information content (AvgIpc) is 2.92. The number of aromatic nitrogens is 2. The molecule has 3 heterocycles. The van der Waals surface area contributed by atoms with Gasteiger partial charge in [-0.15, -0.1) is 0 Å². The van der Waals surface area contributed by atoms with Gasteiger partial charge >= 0.3 is 0 Å². The van der Waals surface area contributed by atoms with Crippen molar-refractivity contribution in [2.24, 2.45) is 7.05 Å². The summed E-state index contributed by atoms with van der Waals surface area (Å²) in [6.07, 6.45) is 0.893. The van der Waals surface area contributed by atoms with Crippen LogP contribution in [0.3, 0.4) is 0 Å². The first-order valence-corrected chi connectivity index (χ1v) is 8.39. The molecule has 126 valence electrons. The molecule has 0 spiro atoms. The molecule has 7 heteroatoms. The van der Waals surface area contributed by atoms with Crippen molar-refractivity contribution in [2.45, 2.75) is 18.8 Å². The van der Waals surface area contributed by atoms with Gasteiger partial charge in [0.05, 0.1) is 17.1 Å². The summed E-state index contributed by atoms with van der Waals surface area (Å²) in [7, 11) is 1.90. The van der Waals surface area contributed by atoms with Crippen molar-refractivity contribution >= 4 is 28.4 Å². The van der Waals surface area contributed by atoms with Crippen LogP contribution in [0.4, 0.5) is 5.69 Å². The molecule has 2 aliphatic heterocycles. The molecule has 24 heavy (non-hydrogen) atoms.